The van der Waals surface area contributed by atoms with Gasteiger partial charge < -0.3 is 0 Å². The van der Waals surface area contributed by atoms with E-state index in [0.717, 1.165) is 11.4 Å². The summed E-state index contributed by atoms with van der Waals surface area (Å²) in [4.78, 5) is 0. The molecule has 0 heterocycles. The fraction of sp³-hybridized carbons (Fsp3) is 0.571. The highest BCUT2D eigenvalue weighted by atomic mass is 35.5. The van der Waals surface area contributed by atoms with E-state index in [1.165, 1.54) is 11.1 Å². The predicted molar refractivity (Wildman–Crippen MR) is 73.6 cm³/mol. The summed E-state index contributed by atoms with van der Waals surface area (Å²) in [6.07, 6.45) is 0.938. The van der Waals surface area contributed by atoms with E-state index in [1.54, 1.807) is 0 Å². The first-order valence-corrected chi connectivity index (χ1v) is 6.61. The van der Waals surface area contributed by atoms with Crippen molar-refractivity contribution in [3.05, 3.63) is 34.3 Å². The molecule has 0 saturated heterocycles. The number of benzene rings is 1. The Hall–Kier alpha value is -0.200. The quantitative estimate of drug-likeness (QED) is 0.660. The Kier molecular flexibility index (Phi) is 4.70. The highest BCUT2D eigenvalue weighted by Gasteiger charge is 2.28. The van der Waals surface area contributed by atoms with E-state index in [4.69, 9.17) is 23.2 Å². The van der Waals surface area contributed by atoms with Crippen molar-refractivity contribution in [1.29, 1.82) is 0 Å². The average molecular weight is 259 g/mol. The molecule has 0 radical (unpaired) electrons. The van der Waals surface area contributed by atoms with Gasteiger partial charge in [-0.1, -0.05) is 44.5 Å². The van der Waals surface area contributed by atoms with Crippen molar-refractivity contribution < 1.29 is 0 Å². The Bertz CT molecular complexity index is 358. The molecule has 0 fully saturated rings. The lowest BCUT2D eigenvalue weighted by Crippen LogP contribution is -2.28. The lowest BCUT2D eigenvalue weighted by Gasteiger charge is -2.32. The minimum atomic E-state index is 0.112. The normalized spacial score (nSPS) is 15.2. The van der Waals surface area contributed by atoms with Crippen LogP contribution in [-0.4, -0.2) is 5.88 Å². The Morgan fingerprint density at radius 1 is 1.31 bits per heavy atom. The molecular formula is C14H20Cl2. The Balaban J connectivity index is 2.95. The lowest BCUT2D eigenvalue weighted by atomic mass is 9.76. The second kappa shape index (κ2) is 5.42. The van der Waals surface area contributed by atoms with Crippen LogP contribution in [0, 0.1) is 18.3 Å². The molecule has 1 aromatic rings. The molecule has 0 N–H and O–H groups in total. The summed E-state index contributed by atoms with van der Waals surface area (Å²) in [7, 11) is 0. The van der Waals surface area contributed by atoms with Gasteiger partial charge in [0.05, 0.1) is 0 Å². The maximum absolute atomic E-state index is 6.25. The maximum atomic E-state index is 6.25. The van der Waals surface area contributed by atoms with Gasteiger partial charge in [0.2, 0.25) is 0 Å². The van der Waals surface area contributed by atoms with E-state index in [9.17, 15) is 0 Å². The first-order valence-electron chi connectivity index (χ1n) is 5.70. The molecule has 1 unspecified atom stereocenters. The van der Waals surface area contributed by atoms with Gasteiger partial charge in [0.25, 0.3) is 0 Å². The number of rotatable bonds is 4. The molecule has 0 saturated carbocycles. The van der Waals surface area contributed by atoms with Gasteiger partial charge in [-0.2, -0.15) is 0 Å². The summed E-state index contributed by atoms with van der Waals surface area (Å²) in [5.74, 6) is 1.21. The Labute approximate surface area is 109 Å². The molecule has 1 atom stereocenters. The first kappa shape index (κ1) is 13.9. The third kappa shape index (κ3) is 3.15. The highest BCUT2D eigenvalue weighted by Crippen LogP contribution is 2.34. The molecule has 0 amide bonds. The van der Waals surface area contributed by atoms with Crippen LogP contribution in [-0.2, 0) is 6.42 Å². The zero-order valence-corrected chi connectivity index (χ0v) is 12.0. The molecule has 1 rings (SSSR count). The molecule has 0 bridgehead atoms. The van der Waals surface area contributed by atoms with E-state index in [-0.39, 0.29) is 5.41 Å². The molecule has 0 nitrogen and oxygen atoms in total. The van der Waals surface area contributed by atoms with Crippen LogP contribution in [0.5, 0.6) is 0 Å². The zero-order chi connectivity index (χ0) is 12.3. The fourth-order valence-electron chi connectivity index (χ4n) is 1.64. The third-order valence-corrected chi connectivity index (χ3v) is 4.46. The molecule has 2 heteroatoms. The fourth-order valence-corrected chi connectivity index (χ4v) is 2.34. The van der Waals surface area contributed by atoms with Crippen LogP contribution in [0.3, 0.4) is 0 Å². The van der Waals surface area contributed by atoms with E-state index in [0.29, 0.717) is 11.8 Å². The van der Waals surface area contributed by atoms with Crippen LogP contribution in [0.25, 0.3) is 0 Å². The average Bonchev–Trinajstić information content (AvgIpc) is 2.22. The second-order valence-electron chi connectivity index (χ2n) is 5.21. The highest BCUT2D eigenvalue weighted by molar-refractivity contribution is 6.31. The molecule has 0 aromatic heterocycles. The summed E-state index contributed by atoms with van der Waals surface area (Å²) >= 11 is 12.3. The van der Waals surface area contributed by atoms with Gasteiger partial charge in [0, 0.05) is 10.9 Å². The molecule has 0 spiro atoms. The molecule has 0 aliphatic rings. The molecule has 0 aliphatic carbocycles. The van der Waals surface area contributed by atoms with Gasteiger partial charge in [0.1, 0.15) is 0 Å². The number of halogens is 2. The van der Waals surface area contributed by atoms with Gasteiger partial charge in [-0.05, 0) is 41.9 Å². The molecular weight excluding hydrogens is 239 g/mol. The lowest BCUT2D eigenvalue weighted by molar-refractivity contribution is 0.253. The van der Waals surface area contributed by atoms with Gasteiger partial charge in [-0.25, -0.2) is 0 Å². The van der Waals surface area contributed by atoms with Crippen LogP contribution in [0.15, 0.2) is 18.2 Å². The van der Waals surface area contributed by atoms with Crippen LogP contribution in [0.1, 0.15) is 31.9 Å². The zero-order valence-electron chi connectivity index (χ0n) is 10.5. The summed E-state index contributed by atoms with van der Waals surface area (Å²) in [6.45, 7) is 8.70. The number of alkyl halides is 1. The van der Waals surface area contributed by atoms with Crippen LogP contribution in [0.4, 0.5) is 0 Å². The summed E-state index contributed by atoms with van der Waals surface area (Å²) in [6, 6.07) is 6.24. The van der Waals surface area contributed by atoms with E-state index in [2.05, 4.69) is 39.8 Å². The van der Waals surface area contributed by atoms with Crippen molar-refractivity contribution in [2.45, 2.75) is 34.1 Å². The maximum Gasteiger partial charge on any atom is 0.0440 e. The van der Waals surface area contributed by atoms with Gasteiger partial charge in [0.15, 0.2) is 0 Å². The van der Waals surface area contributed by atoms with E-state index in [1.807, 2.05) is 6.07 Å². The first-order chi connectivity index (χ1) is 7.39. The van der Waals surface area contributed by atoms with Gasteiger partial charge in [-0.15, -0.1) is 11.6 Å². The Morgan fingerprint density at radius 2 is 1.94 bits per heavy atom. The molecule has 1 aromatic carbocycles. The summed E-state index contributed by atoms with van der Waals surface area (Å²) < 4.78 is 0. The minimum Gasteiger partial charge on any atom is -0.126 e. The smallest absolute Gasteiger partial charge is 0.0440 e. The third-order valence-electron chi connectivity index (χ3n) is 3.50. The largest absolute Gasteiger partial charge is 0.126 e. The summed E-state index contributed by atoms with van der Waals surface area (Å²) in [5.41, 5.74) is 2.51. The molecule has 0 aliphatic heterocycles. The monoisotopic (exact) mass is 258 g/mol. The summed E-state index contributed by atoms with van der Waals surface area (Å²) in [5, 5.41) is 0.858. The van der Waals surface area contributed by atoms with Crippen molar-refractivity contribution in [2.24, 2.45) is 11.3 Å². The minimum absolute atomic E-state index is 0.112. The van der Waals surface area contributed by atoms with Crippen molar-refractivity contribution >= 4 is 23.2 Å². The van der Waals surface area contributed by atoms with Crippen molar-refractivity contribution in [3.8, 4) is 0 Å². The van der Waals surface area contributed by atoms with Crippen molar-refractivity contribution in [2.75, 3.05) is 5.88 Å². The number of aryl methyl sites for hydroxylation is 1. The second-order valence-corrected chi connectivity index (χ2v) is 5.89. The number of hydrogen-bond donors (Lipinski definition) is 0. The molecule has 16 heavy (non-hydrogen) atoms. The number of hydrogen-bond acceptors (Lipinski definition) is 0. The van der Waals surface area contributed by atoms with E-state index < -0.39 is 0 Å². The van der Waals surface area contributed by atoms with Gasteiger partial charge >= 0.3 is 0 Å². The van der Waals surface area contributed by atoms with Crippen molar-refractivity contribution in [1.82, 2.24) is 0 Å². The van der Waals surface area contributed by atoms with Gasteiger partial charge in [-0.3, -0.25) is 0 Å². The standard InChI is InChI=1S/C14H20Cl2/c1-10(2)14(4,9-15)8-12-6-5-11(3)7-13(12)16/h5-7,10H,8-9H2,1-4H3. The van der Waals surface area contributed by atoms with E-state index >= 15 is 0 Å². The van der Waals surface area contributed by atoms with Crippen LogP contribution in [0.2, 0.25) is 5.02 Å². The van der Waals surface area contributed by atoms with Crippen LogP contribution >= 0.6 is 23.2 Å². The van der Waals surface area contributed by atoms with Crippen LogP contribution < -0.4 is 0 Å². The molecule has 90 valence electrons. The van der Waals surface area contributed by atoms with Crippen molar-refractivity contribution in [3.63, 3.8) is 0 Å². The topological polar surface area (TPSA) is 0 Å². The SMILES string of the molecule is Cc1ccc(CC(C)(CCl)C(C)C)c(Cl)c1. The Morgan fingerprint density at radius 3 is 2.38 bits per heavy atom. The predicted octanol–water partition coefficient (Wildman–Crippen LogP) is 5.09.